The molecule has 0 aromatic heterocycles. The molecule has 22 heavy (non-hydrogen) atoms. The maximum absolute atomic E-state index is 12.3. The summed E-state index contributed by atoms with van der Waals surface area (Å²) in [6, 6.07) is 5.15. The summed E-state index contributed by atoms with van der Waals surface area (Å²) in [5.41, 5.74) is 6.75. The highest BCUT2D eigenvalue weighted by Crippen LogP contribution is 2.41. The number of ether oxygens (including phenoxy) is 3. The molecule has 1 unspecified atom stereocenters. The predicted octanol–water partition coefficient (Wildman–Crippen LogP) is -0.0649. The Morgan fingerprint density at radius 1 is 1.50 bits per heavy atom. The average Bonchev–Trinajstić information content (AvgIpc) is 2.87. The molecule has 1 saturated heterocycles. The highest BCUT2D eigenvalue weighted by molar-refractivity contribution is 5.76. The van der Waals surface area contributed by atoms with Crippen molar-refractivity contribution < 1.29 is 29.2 Å². The van der Waals surface area contributed by atoms with Gasteiger partial charge in [-0.2, -0.15) is 0 Å². The summed E-state index contributed by atoms with van der Waals surface area (Å²) in [5, 5.41) is 19.0. The molecule has 8 heteroatoms. The van der Waals surface area contributed by atoms with Crippen molar-refractivity contribution >= 4 is 6.09 Å². The van der Waals surface area contributed by atoms with E-state index in [2.05, 4.69) is 0 Å². The third-order valence-corrected chi connectivity index (χ3v) is 3.94. The number of nitrogens with zero attached hydrogens (tertiary/aromatic N) is 1. The van der Waals surface area contributed by atoms with Gasteiger partial charge < -0.3 is 30.2 Å². The van der Waals surface area contributed by atoms with Crippen molar-refractivity contribution in [3.05, 3.63) is 23.8 Å². The Hall–Kier alpha value is -1.87. The maximum Gasteiger partial charge on any atom is 0.418 e. The van der Waals surface area contributed by atoms with Gasteiger partial charge in [0.05, 0.1) is 19.8 Å². The van der Waals surface area contributed by atoms with Crippen LogP contribution in [0.15, 0.2) is 18.2 Å². The molecule has 2 aliphatic rings. The van der Waals surface area contributed by atoms with Crippen molar-refractivity contribution in [3.63, 3.8) is 0 Å². The molecule has 1 aromatic carbocycles. The topological polar surface area (TPSA) is 114 Å². The second-order valence-corrected chi connectivity index (χ2v) is 5.21. The van der Waals surface area contributed by atoms with Crippen molar-refractivity contribution in [1.29, 1.82) is 0 Å². The number of aliphatic hydroxyl groups is 2. The molecule has 0 radical (unpaired) electrons. The molecule has 2 aliphatic heterocycles. The van der Waals surface area contributed by atoms with Gasteiger partial charge in [-0.05, 0) is 6.07 Å². The molecule has 0 spiro atoms. The van der Waals surface area contributed by atoms with E-state index in [0.29, 0.717) is 11.3 Å². The number of carbonyl (C=O) groups excluding carboxylic acids is 1. The van der Waals surface area contributed by atoms with Crippen LogP contribution in [0, 0.1) is 0 Å². The Morgan fingerprint density at radius 3 is 2.91 bits per heavy atom. The highest BCUT2D eigenvalue weighted by Gasteiger charge is 2.44. The van der Waals surface area contributed by atoms with Crippen LogP contribution >= 0.6 is 0 Å². The standard InChI is InChI=1S/C14H18N2O6/c1-20-9-4-2-3-7-12(9)22-14(19)16(13(7)15)11-5-8(18)10(6-17)21-11/h2-4,8,10-11,13,17-18H,5-6,15H2,1H3/t8-,10+,11+,13?/m0/s1. The molecule has 0 bridgehead atoms. The van der Waals surface area contributed by atoms with E-state index in [9.17, 15) is 9.90 Å². The van der Waals surface area contributed by atoms with Gasteiger partial charge >= 0.3 is 6.09 Å². The number of fused-ring (bicyclic) bond motifs is 1. The average molecular weight is 310 g/mol. The number of nitrogens with two attached hydrogens (primary N) is 1. The molecule has 0 saturated carbocycles. The van der Waals surface area contributed by atoms with Crippen LogP contribution in [0.3, 0.4) is 0 Å². The maximum atomic E-state index is 12.3. The number of hydrogen-bond donors (Lipinski definition) is 3. The third kappa shape index (κ3) is 2.30. The lowest BCUT2D eigenvalue weighted by Gasteiger charge is -2.37. The molecule has 0 aliphatic carbocycles. The van der Waals surface area contributed by atoms with E-state index < -0.39 is 30.7 Å². The molecule has 1 fully saturated rings. The summed E-state index contributed by atoms with van der Waals surface area (Å²) < 4.78 is 16.0. The first-order chi connectivity index (χ1) is 10.6. The van der Waals surface area contributed by atoms with Gasteiger partial charge in [0.15, 0.2) is 11.5 Å². The van der Waals surface area contributed by atoms with Crippen molar-refractivity contribution in [2.75, 3.05) is 13.7 Å². The molecule has 120 valence electrons. The Labute approximate surface area is 127 Å². The smallest absolute Gasteiger partial charge is 0.418 e. The molecule has 8 nitrogen and oxygen atoms in total. The quantitative estimate of drug-likeness (QED) is 0.716. The van der Waals surface area contributed by atoms with Crippen molar-refractivity contribution in [2.24, 2.45) is 5.73 Å². The number of aliphatic hydroxyl groups excluding tert-OH is 2. The summed E-state index contributed by atoms with van der Waals surface area (Å²) in [7, 11) is 1.48. The summed E-state index contributed by atoms with van der Waals surface area (Å²) >= 11 is 0. The highest BCUT2D eigenvalue weighted by atomic mass is 16.6. The first kappa shape index (κ1) is 15.0. The number of benzene rings is 1. The first-order valence-electron chi connectivity index (χ1n) is 6.93. The molecule has 4 N–H and O–H groups in total. The molecule has 1 amide bonds. The molecular formula is C14H18N2O6. The second-order valence-electron chi connectivity index (χ2n) is 5.21. The lowest BCUT2D eigenvalue weighted by molar-refractivity contribution is -0.0831. The monoisotopic (exact) mass is 310 g/mol. The third-order valence-electron chi connectivity index (χ3n) is 3.94. The summed E-state index contributed by atoms with van der Waals surface area (Å²) in [5.74, 6) is 0.706. The van der Waals surface area contributed by atoms with Gasteiger partial charge in [-0.15, -0.1) is 0 Å². The first-order valence-corrected chi connectivity index (χ1v) is 6.93. The van der Waals surface area contributed by atoms with Gasteiger partial charge in [-0.25, -0.2) is 4.79 Å². The van der Waals surface area contributed by atoms with Gasteiger partial charge in [0.2, 0.25) is 0 Å². The zero-order valence-corrected chi connectivity index (χ0v) is 12.0. The number of amides is 1. The summed E-state index contributed by atoms with van der Waals surface area (Å²) in [6.45, 7) is -0.333. The largest absolute Gasteiger partial charge is 0.493 e. The van der Waals surface area contributed by atoms with Gasteiger partial charge in [0.25, 0.3) is 0 Å². The van der Waals surface area contributed by atoms with Crippen LogP contribution in [0.5, 0.6) is 11.5 Å². The van der Waals surface area contributed by atoms with E-state index >= 15 is 0 Å². The van der Waals surface area contributed by atoms with Gasteiger partial charge in [0.1, 0.15) is 18.5 Å². The normalized spacial score (nSPS) is 30.9. The van der Waals surface area contributed by atoms with E-state index in [-0.39, 0.29) is 18.8 Å². The van der Waals surface area contributed by atoms with Crippen molar-refractivity contribution in [1.82, 2.24) is 4.90 Å². The van der Waals surface area contributed by atoms with Crippen molar-refractivity contribution in [2.45, 2.75) is 31.0 Å². The fourth-order valence-corrected chi connectivity index (χ4v) is 2.79. The van der Waals surface area contributed by atoms with Crippen LogP contribution in [-0.4, -0.2) is 53.4 Å². The van der Waals surface area contributed by atoms with Crippen LogP contribution in [-0.2, 0) is 4.74 Å². The minimum absolute atomic E-state index is 0.160. The predicted molar refractivity (Wildman–Crippen MR) is 74.2 cm³/mol. The molecular weight excluding hydrogens is 292 g/mol. The Kier molecular flexibility index (Phi) is 3.92. The minimum Gasteiger partial charge on any atom is -0.493 e. The molecule has 3 rings (SSSR count). The number of hydrogen-bond acceptors (Lipinski definition) is 7. The summed E-state index contributed by atoms with van der Waals surface area (Å²) in [4.78, 5) is 13.5. The molecule has 4 atom stereocenters. The van der Waals surface area contributed by atoms with E-state index in [1.807, 2.05) is 0 Å². The number of methoxy groups -OCH3 is 1. The van der Waals surface area contributed by atoms with E-state index in [0.717, 1.165) is 0 Å². The van der Waals surface area contributed by atoms with E-state index in [4.69, 9.17) is 25.1 Å². The van der Waals surface area contributed by atoms with Crippen LogP contribution in [0.25, 0.3) is 0 Å². The lowest BCUT2D eigenvalue weighted by atomic mass is 10.1. The number of carbonyl (C=O) groups is 1. The number of para-hydroxylation sites is 1. The van der Waals surface area contributed by atoms with Gasteiger partial charge in [0, 0.05) is 12.0 Å². The Balaban J connectivity index is 1.90. The number of rotatable bonds is 3. The van der Waals surface area contributed by atoms with Gasteiger partial charge in [-0.3, -0.25) is 4.90 Å². The minimum atomic E-state index is -0.860. The fourth-order valence-electron chi connectivity index (χ4n) is 2.79. The van der Waals surface area contributed by atoms with Crippen LogP contribution in [0.2, 0.25) is 0 Å². The van der Waals surface area contributed by atoms with Crippen molar-refractivity contribution in [3.8, 4) is 11.5 Å². The zero-order chi connectivity index (χ0) is 15.9. The van der Waals surface area contributed by atoms with E-state index in [1.54, 1.807) is 18.2 Å². The van der Waals surface area contributed by atoms with Crippen LogP contribution < -0.4 is 15.2 Å². The van der Waals surface area contributed by atoms with Crippen LogP contribution in [0.1, 0.15) is 18.2 Å². The SMILES string of the molecule is COc1cccc2c1OC(=O)N([C@H]1C[C@H](O)[C@@H](CO)O1)C2N. The lowest BCUT2D eigenvalue weighted by Crippen LogP contribution is -2.50. The fraction of sp³-hybridized carbons (Fsp3) is 0.500. The zero-order valence-electron chi connectivity index (χ0n) is 12.0. The summed E-state index contributed by atoms with van der Waals surface area (Å²) in [6.07, 6.45) is -3.67. The van der Waals surface area contributed by atoms with E-state index in [1.165, 1.54) is 12.0 Å². The van der Waals surface area contributed by atoms with Crippen LogP contribution in [0.4, 0.5) is 4.79 Å². The Morgan fingerprint density at radius 2 is 2.27 bits per heavy atom. The molecule has 1 aromatic rings. The Bertz CT molecular complexity index is 580. The second kappa shape index (κ2) is 5.73. The van der Waals surface area contributed by atoms with Gasteiger partial charge in [-0.1, -0.05) is 12.1 Å². The molecule has 2 heterocycles.